The monoisotopic (exact) mass is 516 g/mol. The molecule has 3 atom stereocenters. The highest BCUT2D eigenvalue weighted by Gasteiger charge is 2.42. The summed E-state index contributed by atoms with van der Waals surface area (Å²) in [5.74, 6) is 1.77. The van der Waals surface area contributed by atoms with Gasteiger partial charge in [-0.3, -0.25) is 0 Å². The predicted octanol–water partition coefficient (Wildman–Crippen LogP) is 7.56. The zero-order valence-electron chi connectivity index (χ0n) is 24.7. The van der Waals surface area contributed by atoms with Gasteiger partial charge in [-0.05, 0) is 50.0 Å². The minimum atomic E-state index is -2.78. The maximum atomic E-state index is 6.83. The van der Waals surface area contributed by atoms with Crippen LogP contribution in [0.3, 0.4) is 0 Å². The van der Waals surface area contributed by atoms with Crippen molar-refractivity contribution in [2.45, 2.75) is 131 Å². The highest BCUT2D eigenvalue weighted by molar-refractivity contribution is 6.60. The van der Waals surface area contributed by atoms with E-state index in [4.69, 9.17) is 19.0 Å². The molecule has 5 nitrogen and oxygen atoms in total. The van der Waals surface area contributed by atoms with Gasteiger partial charge in [0.15, 0.2) is 0 Å². The van der Waals surface area contributed by atoms with Crippen molar-refractivity contribution < 1.29 is 13.3 Å². The van der Waals surface area contributed by atoms with E-state index in [2.05, 4.69) is 46.9 Å². The number of hydrogen-bond acceptors (Lipinski definition) is 5. The normalized spacial score (nSPS) is 14.8. The molecule has 0 saturated carbocycles. The fourth-order valence-electron chi connectivity index (χ4n) is 4.43. The van der Waals surface area contributed by atoms with Crippen LogP contribution in [-0.2, 0) is 13.3 Å². The molecule has 6 heteroatoms. The van der Waals surface area contributed by atoms with E-state index in [1.807, 2.05) is 0 Å². The van der Waals surface area contributed by atoms with Gasteiger partial charge in [0.25, 0.3) is 0 Å². The average molecular weight is 517 g/mol. The minimum Gasteiger partial charge on any atom is -0.373 e. The zero-order chi connectivity index (χ0) is 26.2. The lowest BCUT2D eigenvalue weighted by Gasteiger charge is -2.34. The summed E-state index contributed by atoms with van der Waals surface area (Å²) in [6.45, 7) is 18.5. The molecule has 3 N–H and O–H groups in total. The maximum Gasteiger partial charge on any atom is 0.501 e. The number of nitrogens with one attached hydrogen (secondary N) is 1. The molecule has 0 radical (unpaired) electrons. The fraction of sp³-hybridized carbons (Fsp3) is 1.00. The molecule has 0 aromatic rings. The van der Waals surface area contributed by atoms with Gasteiger partial charge in [-0.15, -0.1) is 0 Å². The summed E-state index contributed by atoms with van der Waals surface area (Å²) in [5, 5.41) is 3.45. The number of nitrogens with two attached hydrogens (primary N) is 1. The lowest BCUT2D eigenvalue weighted by atomic mass is 10.0. The SMILES string of the molecule is CCCC[C@@H](CC)CO[Si](CCCNCCN)(OC[C@H](CC)CCCC)OC[C@@H](CC)CCCC. The van der Waals surface area contributed by atoms with E-state index in [0.29, 0.717) is 24.3 Å². The molecule has 0 bridgehead atoms. The summed E-state index contributed by atoms with van der Waals surface area (Å²) < 4.78 is 20.5. The van der Waals surface area contributed by atoms with Crippen LogP contribution in [0.2, 0.25) is 6.04 Å². The highest BCUT2D eigenvalue weighted by atomic mass is 28.4. The molecule has 0 saturated heterocycles. The molecule has 0 amide bonds. The standard InChI is InChI=1S/C29H64N2O3Si/c1-7-13-17-27(10-4)24-32-35(23-16-21-31-22-20-30,33-25-28(11-5)18-14-8-2)34-26-29(12-6)19-15-9-3/h27-29,31H,7-26,30H2,1-6H3/t27-,28-,29+/m1/s1. The van der Waals surface area contributed by atoms with E-state index in [-0.39, 0.29) is 0 Å². The first-order valence-corrected chi connectivity index (χ1v) is 17.3. The van der Waals surface area contributed by atoms with Gasteiger partial charge < -0.3 is 24.3 Å². The Kier molecular flexibility index (Phi) is 24.4. The van der Waals surface area contributed by atoms with Crippen LogP contribution in [0.4, 0.5) is 0 Å². The van der Waals surface area contributed by atoms with Crippen LogP contribution < -0.4 is 11.1 Å². The van der Waals surface area contributed by atoms with Crippen molar-refractivity contribution in [3.05, 3.63) is 0 Å². The van der Waals surface area contributed by atoms with Gasteiger partial charge in [0, 0.05) is 39.0 Å². The molecule has 0 aromatic heterocycles. The molecule has 0 unspecified atom stereocenters. The Hall–Kier alpha value is 0.0169. The van der Waals surface area contributed by atoms with Crippen LogP contribution >= 0.6 is 0 Å². The highest BCUT2D eigenvalue weighted by Crippen LogP contribution is 2.26. The van der Waals surface area contributed by atoms with Crippen molar-refractivity contribution >= 4 is 8.80 Å². The Labute approximate surface area is 221 Å². The molecule has 0 aliphatic heterocycles. The van der Waals surface area contributed by atoms with Gasteiger partial charge in [-0.25, -0.2) is 0 Å². The summed E-state index contributed by atoms with van der Waals surface area (Å²) in [4.78, 5) is 0. The lowest BCUT2D eigenvalue weighted by molar-refractivity contribution is 0.0241. The second-order valence-electron chi connectivity index (χ2n) is 10.5. The van der Waals surface area contributed by atoms with Crippen LogP contribution in [0, 0.1) is 17.8 Å². The molecule has 212 valence electrons. The van der Waals surface area contributed by atoms with Crippen molar-refractivity contribution in [2.75, 3.05) is 39.5 Å². The third-order valence-corrected chi connectivity index (χ3v) is 10.2. The van der Waals surface area contributed by atoms with E-state index in [9.17, 15) is 0 Å². The second-order valence-corrected chi connectivity index (χ2v) is 13.2. The Morgan fingerprint density at radius 3 is 1.31 bits per heavy atom. The van der Waals surface area contributed by atoms with E-state index < -0.39 is 8.80 Å². The topological polar surface area (TPSA) is 65.7 Å². The molecular weight excluding hydrogens is 452 g/mol. The number of rotatable bonds is 27. The molecular formula is C29H64N2O3Si. The van der Waals surface area contributed by atoms with Crippen LogP contribution in [0.1, 0.15) is 125 Å². The summed E-state index contributed by atoms with van der Waals surface area (Å²) in [6, 6.07) is 0.892. The number of hydrogen-bond donors (Lipinski definition) is 2. The fourth-order valence-corrected chi connectivity index (χ4v) is 7.19. The summed E-state index contributed by atoms with van der Waals surface area (Å²) in [5.41, 5.74) is 5.68. The van der Waals surface area contributed by atoms with Crippen molar-refractivity contribution in [1.82, 2.24) is 5.32 Å². The van der Waals surface area contributed by atoms with Gasteiger partial charge in [-0.1, -0.05) is 99.3 Å². The van der Waals surface area contributed by atoms with Crippen molar-refractivity contribution in [2.24, 2.45) is 23.5 Å². The smallest absolute Gasteiger partial charge is 0.373 e. The maximum absolute atomic E-state index is 6.83. The summed E-state index contributed by atoms with van der Waals surface area (Å²) in [6.07, 6.45) is 15.7. The molecule has 0 heterocycles. The van der Waals surface area contributed by atoms with E-state index in [1.54, 1.807) is 0 Å². The van der Waals surface area contributed by atoms with Gasteiger partial charge in [0.1, 0.15) is 0 Å². The Morgan fingerprint density at radius 2 is 1.00 bits per heavy atom. The third-order valence-electron chi connectivity index (χ3n) is 7.40. The molecule has 0 spiro atoms. The molecule has 0 aliphatic rings. The molecule has 0 rings (SSSR count). The molecule has 35 heavy (non-hydrogen) atoms. The zero-order valence-corrected chi connectivity index (χ0v) is 25.7. The van der Waals surface area contributed by atoms with Crippen LogP contribution in [0.25, 0.3) is 0 Å². The Morgan fingerprint density at radius 1 is 0.600 bits per heavy atom. The molecule has 0 aromatic carbocycles. The van der Waals surface area contributed by atoms with Crippen molar-refractivity contribution in [1.29, 1.82) is 0 Å². The van der Waals surface area contributed by atoms with Gasteiger partial charge >= 0.3 is 8.80 Å². The molecule has 0 aliphatic carbocycles. The van der Waals surface area contributed by atoms with E-state index >= 15 is 0 Å². The van der Waals surface area contributed by atoms with Gasteiger partial charge in [0.2, 0.25) is 0 Å². The van der Waals surface area contributed by atoms with E-state index in [0.717, 1.165) is 64.6 Å². The molecule has 0 fully saturated rings. The van der Waals surface area contributed by atoms with E-state index in [1.165, 1.54) is 57.8 Å². The summed E-state index contributed by atoms with van der Waals surface area (Å²) in [7, 11) is -2.78. The second kappa shape index (κ2) is 24.4. The van der Waals surface area contributed by atoms with Crippen molar-refractivity contribution in [3.63, 3.8) is 0 Å². The first-order chi connectivity index (χ1) is 17.0. The third kappa shape index (κ3) is 18.0. The average Bonchev–Trinajstić information content (AvgIpc) is 2.88. The lowest BCUT2D eigenvalue weighted by Crippen LogP contribution is -2.49. The quantitative estimate of drug-likeness (QED) is 0.0871. The Bertz CT molecular complexity index is 392. The van der Waals surface area contributed by atoms with Crippen LogP contribution in [-0.4, -0.2) is 48.3 Å². The minimum absolute atomic E-state index is 0.591. The van der Waals surface area contributed by atoms with Crippen molar-refractivity contribution in [3.8, 4) is 0 Å². The van der Waals surface area contributed by atoms with Gasteiger partial charge in [0.05, 0.1) is 0 Å². The first-order valence-electron chi connectivity index (χ1n) is 15.4. The number of unbranched alkanes of at least 4 members (excludes halogenated alkanes) is 3. The van der Waals surface area contributed by atoms with Crippen LogP contribution in [0.15, 0.2) is 0 Å². The summed E-state index contributed by atoms with van der Waals surface area (Å²) >= 11 is 0. The van der Waals surface area contributed by atoms with Crippen LogP contribution in [0.5, 0.6) is 0 Å². The Balaban J connectivity index is 5.53. The first kappa shape index (κ1) is 35.0. The largest absolute Gasteiger partial charge is 0.501 e. The van der Waals surface area contributed by atoms with Gasteiger partial charge in [-0.2, -0.15) is 0 Å². The predicted molar refractivity (Wildman–Crippen MR) is 155 cm³/mol.